The van der Waals surface area contributed by atoms with Gasteiger partial charge in [0, 0.05) is 5.56 Å². The van der Waals surface area contributed by atoms with Crippen LogP contribution in [0.25, 0.3) is 0 Å². The minimum absolute atomic E-state index is 0.00388. The first-order valence-corrected chi connectivity index (χ1v) is 7.33. The summed E-state index contributed by atoms with van der Waals surface area (Å²) in [5.74, 6) is 5.57. The molecule has 6 nitrogen and oxygen atoms in total. The van der Waals surface area contributed by atoms with Gasteiger partial charge in [-0.25, -0.2) is 0 Å². The van der Waals surface area contributed by atoms with Gasteiger partial charge in [-0.15, -0.1) is 0 Å². The normalized spacial score (nSPS) is 10.7. The molecule has 0 amide bonds. The zero-order chi connectivity index (χ0) is 14.6. The van der Waals surface area contributed by atoms with E-state index < -0.39 is 10.0 Å². The number of H-pyrrole nitrogens is 1. The Morgan fingerprint density at radius 3 is 2.85 bits per heavy atom. The third-order valence-electron chi connectivity index (χ3n) is 2.51. The largest absolute Gasteiger partial charge is 0.320 e. The molecule has 0 unspecified atom stereocenters. The molecule has 0 aliphatic rings. The first-order valence-electron chi connectivity index (χ1n) is 5.85. The Morgan fingerprint density at radius 2 is 2.20 bits per heavy atom. The number of aromatic nitrogens is 2. The second-order valence-corrected chi connectivity index (χ2v) is 5.73. The van der Waals surface area contributed by atoms with E-state index in [2.05, 4.69) is 26.8 Å². The van der Waals surface area contributed by atoms with E-state index in [-0.39, 0.29) is 11.6 Å². The van der Waals surface area contributed by atoms with Crippen LogP contribution in [-0.4, -0.2) is 25.2 Å². The third-order valence-corrected chi connectivity index (χ3v) is 3.80. The molecule has 0 radical (unpaired) electrons. The Bertz CT molecular complexity index is 755. The molecule has 20 heavy (non-hydrogen) atoms. The van der Waals surface area contributed by atoms with Crippen LogP contribution in [-0.2, 0) is 10.0 Å². The van der Waals surface area contributed by atoms with Crippen molar-refractivity contribution in [2.24, 2.45) is 5.73 Å². The van der Waals surface area contributed by atoms with Gasteiger partial charge < -0.3 is 5.73 Å². The van der Waals surface area contributed by atoms with E-state index in [4.69, 9.17) is 5.73 Å². The Morgan fingerprint density at radius 1 is 1.40 bits per heavy atom. The fourth-order valence-electron chi connectivity index (χ4n) is 1.59. The molecule has 104 valence electrons. The summed E-state index contributed by atoms with van der Waals surface area (Å²) < 4.78 is 26.7. The van der Waals surface area contributed by atoms with Crippen molar-refractivity contribution in [2.45, 2.75) is 11.9 Å². The number of nitrogens with one attached hydrogen (secondary N) is 2. The van der Waals surface area contributed by atoms with Crippen molar-refractivity contribution in [3.05, 3.63) is 41.6 Å². The molecule has 7 heteroatoms. The molecule has 0 saturated carbocycles. The summed E-state index contributed by atoms with van der Waals surface area (Å²) in [6, 6.07) is 6.65. The SMILES string of the molecule is Cc1ccc(NS(=O)(=O)c2ccn[nH]2)c(C#CCN)c1. The molecule has 1 aromatic carbocycles. The Balaban J connectivity index is 2.39. The van der Waals surface area contributed by atoms with E-state index in [1.807, 2.05) is 6.92 Å². The number of sulfonamides is 1. The van der Waals surface area contributed by atoms with Crippen molar-refractivity contribution in [1.82, 2.24) is 10.2 Å². The molecule has 0 bridgehead atoms. The summed E-state index contributed by atoms with van der Waals surface area (Å²) >= 11 is 0. The minimum Gasteiger partial charge on any atom is -0.320 e. The van der Waals surface area contributed by atoms with E-state index in [1.165, 1.54) is 12.3 Å². The van der Waals surface area contributed by atoms with Crippen LogP contribution in [0.2, 0.25) is 0 Å². The van der Waals surface area contributed by atoms with Crippen LogP contribution in [0.3, 0.4) is 0 Å². The van der Waals surface area contributed by atoms with Gasteiger partial charge in [-0.3, -0.25) is 9.82 Å². The monoisotopic (exact) mass is 290 g/mol. The maximum absolute atomic E-state index is 12.1. The van der Waals surface area contributed by atoms with Gasteiger partial charge >= 0.3 is 0 Å². The van der Waals surface area contributed by atoms with Crippen molar-refractivity contribution >= 4 is 15.7 Å². The number of nitrogens with zero attached hydrogens (tertiary/aromatic N) is 1. The summed E-state index contributed by atoms with van der Waals surface area (Å²) in [6.45, 7) is 2.11. The number of hydrogen-bond donors (Lipinski definition) is 3. The van der Waals surface area contributed by atoms with Crippen LogP contribution in [0, 0.1) is 18.8 Å². The zero-order valence-corrected chi connectivity index (χ0v) is 11.7. The first kappa shape index (κ1) is 14.1. The number of benzene rings is 1. The lowest BCUT2D eigenvalue weighted by molar-refractivity contribution is 0.597. The van der Waals surface area contributed by atoms with Crippen LogP contribution < -0.4 is 10.5 Å². The van der Waals surface area contributed by atoms with Crippen molar-refractivity contribution in [3.8, 4) is 11.8 Å². The number of rotatable bonds is 3. The molecule has 0 fully saturated rings. The molecule has 0 saturated heterocycles. The lowest BCUT2D eigenvalue weighted by Crippen LogP contribution is -2.14. The van der Waals surface area contributed by atoms with Crippen molar-refractivity contribution in [3.63, 3.8) is 0 Å². The highest BCUT2D eigenvalue weighted by Crippen LogP contribution is 2.19. The molecule has 0 aliphatic carbocycles. The summed E-state index contributed by atoms with van der Waals surface area (Å²) in [4.78, 5) is 0. The van der Waals surface area contributed by atoms with Crippen LogP contribution in [0.1, 0.15) is 11.1 Å². The quantitative estimate of drug-likeness (QED) is 0.729. The van der Waals surface area contributed by atoms with Gasteiger partial charge in [-0.1, -0.05) is 17.9 Å². The average molecular weight is 290 g/mol. The van der Waals surface area contributed by atoms with Gasteiger partial charge in [0.1, 0.15) is 0 Å². The molecule has 4 N–H and O–H groups in total. The maximum atomic E-state index is 12.1. The van der Waals surface area contributed by atoms with E-state index in [9.17, 15) is 8.42 Å². The maximum Gasteiger partial charge on any atom is 0.278 e. The molecule has 1 aromatic heterocycles. The topological polar surface area (TPSA) is 101 Å². The number of aromatic amines is 1. The third kappa shape index (κ3) is 3.17. The Kier molecular flexibility index (Phi) is 4.08. The van der Waals surface area contributed by atoms with Crippen molar-refractivity contribution in [1.29, 1.82) is 0 Å². The highest BCUT2D eigenvalue weighted by atomic mass is 32.2. The molecule has 2 rings (SSSR count). The predicted molar refractivity (Wildman–Crippen MR) is 76.5 cm³/mol. The van der Waals surface area contributed by atoms with Gasteiger partial charge in [0.15, 0.2) is 5.03 Å². The molecule has 0 spiro atoms. The molecule has 0 atom stereocenters. The standard InChI is InChI=1S/C13H14N4O2S/c1-10-4-5-12(11(9-10)3-2-7-14)17-20(18,19)13-6-8-15-16-13/h4-6,8-9,17H,7,14H2,1H3,(H,15,16). The van der Waals surface area contributed by atoms with Gasteiger partial charge in [0.05, 0.1) is 18.4 Å². The second kappa shape index (κ2) is 5.77. The van der Waals surface area contributed by atoms with Crippen LogP contribution in [0.5, 0.6) is 0 Å². The number of nitrogens with two attached hydrogens (primary N) is 1. The highest BCUT2D eigenvalue weighted by Gasteiger charge is 2.16. The zero-order valence-electron chi connectivity index (χ0n) is 10.8. The van der Waals surface area contributed by atoms with Gasteiger partial charge in [-0.2, -0.15) is 13.5 Å². The lowest BCUT2D eigenvalue weighted by atomic mass is 10.1. The van der Waals surface area contributed by atoms with Gasteiger partial charge in [0.2, 0.25) is 0 Å². The first-order chi connectivity index (χ1) is 9.53. The highest BCUT2D eigenvalue weighted by molar-refractivity contribution is 7.92. The van der Waals surface area contributed by atoms with Gasteiger partial charge in [-0.05, 0) is 30.7 Å². The fourth-order valence-corrected chi connectivity index (χ4v) is 2.58. The van der Waals surface area contributed by atoms with Crippen LogP contribution in [0.4, 0.5) is 5.69 Å². The second-order valence-electron chi connectivity index (χ2n) is 4.08. The Hall–Kier alpha value is -2.30. The van der Waals surface area contributed by atoms with E-state index in [1.54, 1.807) is 18.2 Å². The number of hydrogen-bond acceptors (Lipinski definition) is 4. The molecular formula is C13H14N4O2S. The Labute approximate surface area is 117 Å². The van der Waals surface area contributed by atoms with Gasteiger partial charge in [0.25, 0.3) is 10.0 Å². The van der Waals surface area contributed by atoms with E-state index >= 15 is 0 Å². The summed E-state index contributed by atoms with van der Waals surface area (Å²) in [5.41, 5.74) is 7.32. The minimum atomic E-state index is -3.70. The average Bonchev–Trinajstić information content (AvgIpc) is 2.93. The van der Waals surface area contributed by atoms with E-state index in [0.717, 1.165) is 5.56 Å². The molecule has 2 aromatic rings. The summed E-state index contributed by atoms with van der Waals surface area (Å²) in [5, 5.41) is 6.04. The lowest BCUT2D eigenvalue weighted by Gasteiger charge is -2.09. The van der Waals surface area contributed by atoms with E-state index in [0.29, 0.717) is 11.3 Å². The van der Waals surface area contributed by atoms with Crippen molar-refractivity contribution in [2.75, 3.05) is 11.3 Å². The molecular weight excluding hydrogens is 276 g/mol. The number of anilines is 1. The number of aryl methyl sites for hydroxylation is 1. The smallest absolute Gasteiger partial charge is 0.278 e. The van der Waals surface area contributed by atoms with Crippen LogP contribution in [0.15, 0.2) is 35.5 Å². The fraction of sp³-hybridized carbons (Fsp3) is 0.154. The summed E-state index contributed by atoms with van der Waals surface area (Å²) in [6.07, 6.45) is 1.37. The molecule has 0 aliphatic heterocycles. The van der Waals surface area contributed by atoms with Crippen LogP contribution >= 0.6 is 0 Å². The van der Waals surface area contributed by atoms with Crippen molar-refractivity contribution < 1.29 is 8.42 Å². The predicted octanol–water partition coefficient (Wildman–Crippen LogP) is 0.829. The summed E-state index contributed by atoms with van der Waals surface area (Å²) in [7, 11) is -3.70. The molecule has 1 heterocycles.